The molecule has 6 heteroatoms. The minimum Gasteiger partial charge on any atom is -0.497 e. The number of benzene rings is 1. The number of rotatable bonds is 3. The number of nitrogens with zero attached hydrogens (tertiary/aromatic N) is 1. The van der Waals surface area contributed by atoms with Crippen LogP contribution in [0.2, 0.25) is 0 Å². The molecule has 0 bridgehead atoms. The second kappa shape index (κ2) is 16.8. The van der Waals surface area contributed by atoms with Gasteiger partial charge in [-0.05, 0) is 64.0 Å². The Morgan fingerprint density at radius 3 is 2.10 bits per heavy atom. The third-order valence-electron chi connectivity index (χ3n) is 3.86. The molecule has 1 aromatic heterocycles. The molecule has 5 nitrogen and oxygen atoms in total. The molecular formula is C25H34ClNO4. The smallest absolute Gasteiger partial charge is 0.307 e. The van der Waals surface area contributed by atoms with Gasteiger partial charge in [0, 0.05) is 24.4 Å². The van der Waals surface area contributed by atoms with Gasteiger partial charge in [0.05, 0.1) is 19.0 Å². The summed E-state index contributed by atoms with van der Waals surface area (Å²) in [6, 6.07) is 5.29. The molecule has 1 aromatic carbocycles. The molecule has 0 saturated carbocycles. The zero-order chi connectivity index (χ0) is 24.6. The molecule has 0 amide bonds. The molecule has 0 fully saturated rings. The minimum atomic E-state index is -0.923. The number of methoxy groups -OCH3 is 1. The maximum Gasteiger partial charge on any atom is 0.307 e. The Kier molecular flexibility index (Phi) is 16.4. The number of carboxylic acid groups (broad SMARTS) is 1. The number of carbonyl (C=O) groups excluding carboxylic acids is 1. The molecule has 170 valence electrons. The lowest BCUT2D eigenvalue weighted by molar-refractivity contribution is -0.136. The zero-order valence-corrected chi connectivity index (χ0v) is 20.6. The van der Waals surface area contributed by atoms with Crippen LogP contribution in [0.3, 0.4) is 0 Å². The number of hydrogen-bond donors (Lipinski definition) is 1. The summed E-state index contributed by atoms with van der Waals surface area (Å²) in [6.45, 7) is 14.5. The first-order valence-corrected chi connectivity index (χ1v) is 10.3. The lowest BCUT2D eigenvalue weighted by Crippen LogP contribution is -2.08. The van der Waals surface area contributed by atoms with E-state index in [4.69, 9.17) is 9.84 Å². The Hall–Kier alpha value is -2.97. The Balaban J connectivity index is 0. The van der Waals surface area contributed by atoms with E-state index in [0.717, 1.165) is 11.0 Å². The average Bonchev–Trinajstić information content (AvgIpc) is 3.00. The van der Waals surface area contributed by atoms with E-state index < -0.39 is 5.97 Å². The van der Waals surface area contributed by atoms with Crippen molar-refractivity contribution in [2.24, 2.45) is 0 Å². The highest BCUT2D eigenvalue weighted by Gasteiger charge is 2.18. The van der Waals surface area contributed by atoms with Gasteiger partial charge in [-0.15, -0.1) is 17.5 Å². The first kappa shape index (κ1) is 30.2. The van der Waals surface area contributed by atoms with Gasteiger partial charge in [0.1, 0.15) is 5.75 Å². The molecule has 0 radical (unpaired) electrons. The number of fused-ring (bicyclic) bond motifs is 1. The van der Waals surface area contributed by atoms with E-state index in [0.29, 0.717) is 22.5 Å². The molecule has 0 aliphatic rings. The van der Waals surface area contributed by atoms with Crippen molar-refractivity contribution in [2.45, 2.75) is 48.0 Å². The van der Waals surface area contributed by atoms with Crippen molar-refractivity contribution in [3.05, 3.63) is 53.8 Å². The van der Waals surface area contributed by atoms with Crippen molar-refractivity contribution in [2.75, 3.05) is 13.5 Å². The van der Waals surface area contributed by atoms with E-state index >= 15 is 0 Å². The molecule has 0 aliphatic carbocycles. The van der Waals surface area contributed by atoms with Gasteiger partial charge in [-0.25, -0.2) is 0 Å². The molecule has 2 aromatic rings. The number of ether oxygens (including phenoxy) is 1. The van der Waals surface area contributed by atoms with Gasteiger partial charge in [0.15, 0.2) is 0 Å². The summed E-state index contributed by atoms with van der Waals surface area (Å²) in [5.74, 6) is 5.06. The summed E-state index contributed by atoms with van der Waals surface area (Å²) in [4.78, 5) is 22.7. The van der Waals surface area contributed by atoms with Crippen molar-refractivity contribution >= 4 is 34.4 Å². The quantitative estimate of drug-likeness (QED) is 0.342. The molecule has 0 aliphatic heterocycles. The molecule has 31 heavy (non-hydrogen) atoms. The van der Waals surface area contributed by atoms with E-state index in [1.165, 1.54) is 17.9 Å². The van der Waals surface area contributed by atoms with Gasteiger partial charge >= 0.3 is 5.97 Å². The summed E-state index contributed by atoms with van der Waals surface area (Å²) in [5.41, 5.74) is 2.95. The summed E-state index contributed by atoms with van der Waals surface area (Å²) < 4.78 is 6.69. The molecule has 0 unspecified atom stereocenters. The Bertz CT molecular complexity index is 955. The van der Waals surface area contributed by atoms with Crippen LogP contribution >= 0.6 is 11.6 Å². The number of halogens is 1. The largest absolute Gasteiger partial charge is 0.497 e. The Morgan fingerprint density at radius 1 is 1.23 bits per heavy atom. The lowest BCUT2D eigenvalue weighted by Gasteiger charge is -2.03. The zero-order valence-electron chi connectivity index (χ0n) is 19.8. The SMILES string of the molecule is C/C=C\C.C=C(C)C#CC.CCl.COc1ccc2c(c1)c(CC(=O)O)c(C)n2C(C)=O. The van der Waals surface area contributed by atoms with Crippen molar-refractivity contribution in [3.8, 4) is 17.6 Å². The van der Waals surface area contributed by atoms with Gasteiger partial charge in [0.2, 0.25) is 5.91 Å². The van der Waals surface area contributed by atoms with E-state index in [9.17, 15) is 9.59 Å². The van der Waals surface area contributed by atoms with Crippen LogP contribution < -0.4 is 4.74 Å². The maximum atomic E-state index is 11.7. The Labute approximate surface area is 191 Å². The van der Waals surface area contributed by atoms with Crippen molar-refractivity contribution < 1.29 is 19.4 Å². The Morgan fingerprint density at radius 2 is 1.77 bits per heavy atom. The van der Waals surface area contributed by atoms with Gasteiger partial charge in [-0.1, -0.05) is 24.7 Å². The molecule has 2 rings (SSSR count). The van der Waals surface area contributed by atoms with Crippen molar-refractivity contribution in [1.82, 2.24) is 4.57 Å². The van der Waals surface area contributed by atoms with E-state index in [2.05, 4.69) is 30.0 Å². The molecule has 1 heterocycles. The highest BCUT2D eigenvalue weighted by molar-refractivity contribution is 6.15. The number of hydrogen-bond acceptors (Lipinski definition) is 3. The summed E-state index contributed by atoms with van der Waals surface area (Å²) in [7, 11) is 1.55. The predicted octanol–water partition coefficient (Wildman–Crippen LogP) is 6.27. The number of allylic oxidation sites excluding steroid dienone is 3. The van der Waals surface area contributed by atoms with E-state index in [1.54, 1.807) is 39.2 Å². The second-order valence-electron chi connectivity index (χ2n) is 6.19. The van der Waals surface area contributed by atoms with Crippen LogP contribution in [-0.2, 0) is 11.2 Å². The maximum absolute atomic E-state index is 11.7. The van der Waals surface area contributed by atoms with Crippen LogP contribution in [-0.4, -0.2) is 35.0 Å². The normalized spacial score (nSPS) is 9.06. The van der Waals surface area contributed by atoms with Crippen LogP contribution in [0.4, 0.5) is 0 Å². The van der Waals surface area contributed by atoms with Crippen LogP contribution in [0.15, 0.2) is 42.5 Å². The third-order valence-corrected chi connectivity index (χ3v) is 3.86. The summed E-state index contributed by atoms with van der Waals surface area (Å²) in [5, 5.41) is 9.74. The number of carbonyl (C=O) groups is 2. The third kappa shape index (κ3) is 10.6. The minimum absolute atomic E-state index is 0.115. The standard InChI is InChI=1S/C14H15NO4.C6H8.C4H8.CH3Cl/c1-8-11(7-14(17)18)12-6-10(19-3)4-5-13(12)15(8)9(2)16;1-4-5-6(2)3;1-3-4-2;1-2/h4-6H,7H2,1-3H3,(H,17,18);2H2,1,3H3;3-4H,1-2H3;1H3/b;;4-3-;. The van der Waals surface area contributed by atoms with Crippen LogP contribution in [0.5, 0.6) is 5.75 Å². The molecule has 0 atom stereocenters. The van der Waals surface area contributed by atoms with Crippen molar-refractivity contribution in [1.29, 1.82) is 0 Å². The van der Waals surface area contributed by atoms with Gasteiger partial charge in [0.25, 0.3) is 0 Å². The molecule has 0 saturated heterocycles. The first-order chi connectivity index (χ1) is 14.6. The van der Waals surface area contributed by atoms with E-state index in [-0.39, 0.29) is 12.3 Å². The monoisotopic (exact) mass is 447 g/mol. The van der Waals surface area contributed by atoms with Crippen LogP contribution in [0.1, 0.15) is 50.7 Å². The average molecular weight is 448 g/mol. The topological polar surface area (TPSA) is 68.5 Å². The number of carboxylic acids is 1. The number of aliphatic carboxylic acids is 1. The fourth-order valence-electron chi connectivity index (χ4n) is 2.58. The predicted molar refractivity (Wildman–Crippen MR) is 131 cm³/mol. The fraction of sp³-hybridized carbons (Fsp3) is 0.360. The van der Waals surface area contributed by atoms with E-state index in [1.807, 2.05) is 32.9 Å². The number of aromatic nitrogens is 1. The van der Waals surface area contributed by atoms with Gasteiger partial charge in [-0.2, -0.15) is 0 Å². The van der Waals surface area contributed by atoms with Gasteiger partial charge in [-0.3, -0.25) is 14.2 Å². The summed E-state index contributed by atoms with van der Waals surface area (Å²) in [6.07, 6.45) is 5.36. The molecular weight excluding hydrogens is 414 g/mol. The summed E-state index contributed by atoms with van der Waals surface area (Å²) >= 11 is 4.64. The van der Waals surface area contributed by atoms with Crippen LogP contribution in [0.25, 0.3) is 10.9 Å². The molecule has 1 N–H and O–H groups in total. The highest BCUT2D eigenvalue weighted by Crippen LogP contribution is 2.29. The molecule has 0 spiro atoms. The number of alkyl halides is 1. The first-order valence-electron chi connectivity index (χ1n) is 9.58. The van der Waals surface area contributed by atoms with Gasteiger partial charge < -0.3 is 9.84 Å². The van der Waals surface area contributed by atoms with Crippen LogP contribution in [0, 0.1) is 18.8 Å². The van der Waals surface area contributed by atoms with Crippen molar-refractivity contribution in [3.63, 3.8) is 0 Å². The second-order valence-corrected chi connectivity index (χ2v) is 6.19. The lowest BCUT2D eigenvalue weighted by atomic mass is 10.1. The fourth-order valence-corrected chi connectivity index (χ4v) is 2.58. The highest BCUT2D eigenvalue weighted by atomic mass is 35.5.